The second-order valence-electron chi connectivity index (χ2n) is 5.40. The Hall–Kier alpha value is -2.40. The molecular formula is C18H14FN3S. The van der Waals surface area contributed by atoms with Crippen molar-refractivity contribution in [3.8, 4) is 0 Å². The first-order valence-electron chi connectivity index (χ1n) is 7.34. The van der Waals surface area contributed by atoms with Gasteiger partial charge in [0.15, 0.2) is 10.8 Å². The molecule has 4 aromatic rings. The smallest absolute Gasteiger partial charge is 0.196 e. The van der Waals surface area contributed by atoms with Crippen LogP contribution in [0.5, 0.6) is 0 Å². The lowest BCUT2D eigenvalue weighted by atomic mass is 10.1. The van der Waals surface area contributed by atoms with Crippen molar-refractivity contribution in [1.82, 2.24) is 14.6 Å². The Balaban J connectivity index is 1.79. The number of para-hydroxylation sites is 1. The highest BCUT2D eigenvalue weighted by molar-refractivity contribution is 7.98. The molecule has 0 fully saturated rings. The van der Waals surface area contributed by atoms with Crippen molar-refractivity contribution >= 4 is 28.3 Å². The zero-order chi connectivity index (χ0) is 15.8. The van der Waals surface area contributed by atoms with E-state index in [2.05, 4.69) is 29.3 Å². The molecule has 0 spiro atoms. The topological polar surface area (TPSA) is 30.2 Å². The monoisotopic (exact) mass is 323 g/mol. The summed E-state index contributed by atoms with van der Waals surface area (Å²) in [6, 6.07) is 17.0. The largest absolute Gasteiger partial charge is 0.270 e. The van der Waals surface area contributed by atoms with Crippen LogP contribution in [0.1, 0.15) is 11.1 Å². The third-order valence-corrected chi connectivity index (χ3v) is 4.87. The van der Waals surface area contributed by atoms with Gasteiger partial charge in [-0.3, -0.25) is 4.40 Å². The van der Waals surface area contributed by atoms with Crippen LogP contribution in [0.3, 0.4) is 0 Å². The molecule has 0 bridgehead atoms. The summed E-state index contributed by atoms with van der Waals surface area (Å²) >= 11 is 1.49. The maximum Gasteiger partial charge on any atom is 0.196 e. The van der Waals surface area contributed by atoms with E-state index in [1.54, 1.807) is 12.1 Å². The highest BCUT2D eigenvalue weighted by Crippen LogP contribution is 2.27. The molecule has 5 heteroatoms. The van der Waals surface area contributed by atoms with Gasteiger partial charge >= 0.3 is 0 Å². The standard InChI is InChI=1S/C18H14FN3S/c1-12-10-17-20-21-18(22(17)16-9-5-3-7-14(12)16)23-11-13-6-2-4-8-15(13)19/h2-10H,11H2,1H3. The summed E-state index contributed by atoms with van der Waals surface area (Å²) in [5.41, 5.74) is 3.73. The number of benzene rings is 2. The molecule has 0 amide bonds. The van der Waals surface area contributed by atoms with E-state index >= 15 is 0 Å². The Morgan fingerprint density at radius 3 is 2.70 bits per heavy atom. The van der Waals surface area contributed by atoms with E-state index in [0.29, 0.717) is 11.3 Å². The van der Waals surface area contributed by atoms with E-state index in [-0.39, 0.29) is 5.82 Å². The molecule has 0 aliphatic heterocycles. The number of aryl methyl sites for hydroxylation is 1. The molecule has 2 aromatic carbocycles. The first-order valence-corrected chi connectivity index (χ1v) is 8.32. The molecule has 4 rings (SSSR count). The minimum atomic E-state index is -0.186. The van der Waals surface area contributed by atoms with Gasteiger partial charge in [0, 0.05) is 11.1 Å². The maximum absolute atomic E-state index is 13.8. The lowest BCUT2D eigenvalue weighted by Crippen LogP contribution is -1.94. The first kappa shape index (κ1) is 14.2. The van der Waals surface area contributed by atoms with Crippen molar-refractivity contribution in [1.29, 1.82) is 0 Å². The van der Waals surface area contributed by atoms with Crippen LogP contribution in [0.2, 0.25) is 0 Å². The number of fused-ring (bicyclic) bond motifs is 3. The van der Waals surface area contributed by atoms with Gasteiger partial charge in [-0.1, -0.05) is 48.2 Å². The molecule has 0 radical (unpaired) electrons. The highest BCUT2D eigenvalue weighted by atomic mass is 32.2. The second-order valence-corrected chi connectivity index (χ2v) is 6.34. The van der Waals surface area contributed by atoms with Crippen LogP contribution in [-0.4, -0.2) is 14.6 Å². The van der Waals surface area contributed by atoms with Gasteiger partial charge in [-0.2, -0.15) is 0 Å². The predicted molar refractivity (Wildman–Crippen MR) is 91.2 cm³/mol. The van der Waals surface area contributed by atoms with Gasteiger partial charge in [0.2, 0.25) is 0 Å². The fourth-order valence-corrected chi connectivity index (χ4v) is 3.66. The maximum atomic E-state index is 13.8. The summed E-state index contributed by atoms with van der Waals surface area (Å²) in [6.45, 7) is 2.07. The Bertz CT molecular complexity index is 1010. The molecule has 3 nitrogen and oxygen atoms in total. The lowest BCUT2D eigenvalue weighted by Gasteiger charge is -2.07. The third-order valence-electron chi connectivity index (χ3n) is 3.89. The molecule has 0 aliphatic rings. The molecule has 0 N–H and O–H groups in total. The summed E-state index contributed by atoms with van der Waals surface area (Å²) < 4.78 is 15.8. The average Bonchev–Trinajstić information content (AvgIpc) is 2.97. The molecular weight excluding hydrogens is 309 g/mol. The normalized spacial score (nSPS) is 11.4. The minimum absolute atomic E-state index is 0.186. The van der Waals surface area contributed by atoms with E-state index in [9.17, 15) is 4.39 Å². The van der Waals surface area contributed by atoms with Crippen molar-refractivity contribution in [3.63, 3.8) is 0 Å². The quantitative estimate of drug-likeness (QED) is 0.515. The van der Waals surface area contributed by atoms with Gasteiger partial charge in [-0.25, -0.2) is 4.39 Å². The number of halogens is 1. The van der Waals surface area contributed by atoms with E-state index in [4.69, 9.17) is 0 Å². The first-order chi connectivity index (χ1) is 11.2. The van der Waals surface area contributed by atoms with Crippen molar-refractivity contribution in [2.75, 3.05) is 0 Å². The van der Waals surface area contributed by atoms with Crippen LogP contribution in [0.25, 0.3) is 16.6 Å². The summed E-state index contributed by atoms with van der Waals surface area (Å²) in [6.07, 6.45) is 0. The number of nitrogens with zero attached hydrogens (tertiary/aromatic N) is 3. The van der Waals surface area contributed by atoms with Crippen LogP contribution in [-0.2, 0) is 5.75 Å². The number of hydrogen-bond acceptors (Lipinski definition) is 3. The third kappa shape index (κ3) is 2.47. The molecule has 0 unspecified atom stereocenters. The van der Waals surface area contributed by atoms with Gasteiger partial charge in [0.1, 0.15) is 5.82 Å². The summed E-state index contributed by atoms with van der Waals surface area (Å²) in [5, 5.41) is 10.5. The van der Waals surface area contributed by atoms with E-state index in [1.165, 1.54) is 28.8 Å². The molecule has 2 aromatic heterocycles. The Morgan fingerprint density at radius 1 is 1.04 bits per heavy atom. The van der Waals surface area contributed by atoms with Crippen molar-refractivity contribution in [2.45, 2.75) is 17.8 Å². The summed E-state index contributed by atoms with van der Waals surface area (Å²) in [4.78, 5) is 0. The van der Waals surface area contributed by atoms with Crippen molar-refractivity contribution in [2.24, 2.45) is 0 Å². The number of rotatable bonds is 3. The van der Waals surface area contributed by atoms with Crippen LogP contribution in [0.15, 0.2) is 59.8 Å². The Kier molecular flexibility index (Phi) is 3.50. The number of thioether (sulfide) groups is 1. The predicted octanol–water partition coefficient (Wildman–Crippen LogP) is 4.62. The number of hydrogen-bond donors (Lipinski definition) is 0. The van der Waals surface area contributed by atoms with Crippen molar-refractivity contribution < 1.29 is 4.39 Å². The molecule has 0 aliphatic carbocycles. The highest BCUT2D eigenvalue weighted by Gasteiger charge is 2.12. The van der Waals surface area contributed by atoms with E-state index < -0.39 is 0 Å². The number of pyridine rings is 1. The van der Waals surface area contributed by atoms with E-state index in [0.717, 1.165) is 16.3 Å². The average molecular weight is 323 g/mol. The van der Waals surface area contributed by atoms with Gasteiger partial charge in [-0.05, 0) is 36.2 Å². The Morgan fingerprint density at radius 2 is 1.83 bits per heavy atom. The molecule has 0 saturated heterocycles. The van der Waals surface area contributed by atoms with Gasteiger partial charge in [-0.15, -0.1) is 10.2 Å². The van der Waals surface area contributed by atoms with Gasteiger partial charge in [0.05, 0.1) is 5.52 Å². The molecule has 0 atom stereocenters. The Labute approximate surface area is 137 Å². The SMILES string of the molecule is Cc1cc2nnc(SCc3ccccc3F)n2c2ccccc12. The van der Waals surface area contributed by atoms with Crippen LogP contribution >= 0.6 is 11.8 Å². The second kappa shape index (κ2) is 5.66. The van der Waals surface area contributed by atoms with E-state index in [1.807, 2.05) is 28.7 Å². The molecule has 23 heavy (non-hydrogen) atoms. The van der Waals surface area contributed by atoms with Crippen LogP contribution in [0, 0.1) is 12.7 Å². The van der Waals surface area contributed by atoms with Crippen LogP contribution < -0.4 is 0 Å². The number of aromatic nitrogens is 3. The lowest BCUT2D eigenvalue weighted by molar-refractivity contribution is 0.617. The fourth-order valence-electron chi connectivity index (χ4n) is 2.73. The van der Waals surface area contributed by atoms with Crippen molar-refractivity contribution in [3.05, 3.63) is 71.5 Å². The zero-order valence-electron chi connectivity index (χ0n) is 12.5. The van der Waals surface area contributed by atoms with Crippen LogP contribution in [0.4, 0.5) is 4.39 Å². The summed E-state index contributed by atoms with van der Waals surface area (Å²) in [7, 11) is 0. The van der Waals surface area contributed by atoms with Gasteiger partial charge < -0.3 is 0 Å². The minimum Gasteiger partial charge on any atom is -0.270 e. The fraction of sp³-hybridized carbons (Fsp3) is 0.111. The van der Waals surface area contributed by atoms with Gasteiger partial charge in [0.25, 0.3) is 0 Å². The summed E-state index contributed by atoms with van der Waals surface area (Å²) in [5.74, 6) is 0.338. The molecule has 2 heterocycles. The zero-order valence-corrected chi connectivity index (χ0v) is 13.3. The molecule has 0 saturated carbocycles. The molecule has 114 valence electrons.